The quantitative estimate of drug-likeness (QED) is 0.384. The first-order chi connectivity index (χ1) is 7.08. The van der Waals surface area contributed by atoms with Gasteiger partial charge in [-0.05, 0) is 12.8 Å². The third-order valence-corrected chi connectivity index (χ3v) is 2.37. The maximum Gasteiger partial charge on any atom is 0.328 e. The topological polar surface area (TPSA) is 52.6 Å². The summed E-state index contributed by atoms with van der Waals surface area (Å²) >= 11 is 0. The second-order valence-electron chi connectivity index (χ2n) is 2.93. The van der Waals surface area contributed by atoms with Crippen LogP contribution in [0.4, 0.5) is 0 Å². The van der Waals surface area contributed by atoms with Crippen LogP contribution in [0, 0.1) is 5.41 Å². The Kier molecular flexibility index (Phi) is 5.37. The van der Waals surface area contributed by atoms with E-state index in [-0.39, 0.29) is 0 Å². The maximum absolute atomic E-state index is 11.6. The first-order valence-electron chi connectivity index (χ1n) is 4.73. The van der Waals surface area contributed by atoms with Gasteiger partial charge in [0.05, 0.1) is 12.5 Å². The highest BCUT2D eigenvalue weighted by atomic mass is 16.5. The van der Waals surface area contributed by atoms with Crippen LogP contribution in [-0.2, 0) is 19.1 Å². The van der Waals surface area contributed by atoms with E-state index in [4.69, 9.17) is 0 Å². The minimum atomic E-state index is -1.26. The molecule has 0 atom stereocenters. The van der Waals surface area contributed by atoms with Crippen LogP contribution in [0.25, 0.3) is 0 Å². The van der Waals surface area contributed by atoms with E-state index in [0.717, 1.165) is 12.5 Å². The van der Waals surface area contributed by atoms with Gasteiger partial charge in [0, 0.05) is 0 Å². The van der Waals surface area contributed by atoms with E-state index >= 15 is 0 Å². The van der Waals surface area contributed by atoms with Crippen molar-refractivity contribution in [3.05, 3.63) is 25.7 Å². The van der Waals surface area contributed by atoms with E-state index in [0.29, 0.717) is 12.8 Å². The molecule has 4 nitrogen and oxygen atoms in total. The van der Waals surface area contributed by atoms with Crippen LogP contribution in [0.1, 0.15) is 26.7 Å². The Bertz CT molecular complexity index is 240. The second-order valence-corrected chi connectivity index (χ2v) is 2.93. The lowest BCUT2D eigenvalue weighted by atomic mass is 9.82. The van der Waals surface area contributed by atoms with Gasteiger partial charge >= 0.3 is 11.9 Å². The number of carbonyl (C=O) groups is 2. The Morgan fingerprint density at radius 2 is 1.40 bits per heavy atom. The van der Waals surface area contributed by atoms with Crippen molar-refractivity contribution in [2.75, 3.05) is 0 Å². The molecule has 0 aliphatic rings. The smallest absolute Gasteiger partial charge is 0.328 e. The molecule has 0 unspecified atom stereocenters. The van der Waals surface area contributed by atoms with Crippen LogP contribution in [0.15, 0.2) is 25.7 Å². The first-order valence-corrected chi connectivity index (χ1v) is 4.73. The first kappa shape index (κ1) is 13.4. The minimum Gasteiger partial charge on any atom is -0.434 e. The summed E-state index contributed by atoms with van der Waals surface area (Å²) in [4.78, 5) is 23.2. The number of carbonyl (C=O) groups excluding carboxylic acids is 2. The van der Waals surface area contributed by atoms with E-state index in [1.54, 1.807) is 13.8 Å². The van der Waals surface area contributed by atoms with Gasteiger partial charge in [-0.2, -0.15) is 0 Å². The summed E-state index contributed by atoms with van der Waals surface area (Å²) in [5.41, 5.74) is -1.26. The van der Waals surface area contributed by atoms with Crippen LogP contribution < -0.4 is 0 Å². The summed E-state index contributed by atoms with van der Waals surface area (Å²) in [6.45, 7) is 9.99. The molecule has 15 heavy (non-hydrogen) atoms. The molecular formula is C11H16O4. The van der Waals surface area contributed by atoms with Crippen molar-refractivity contribution in [1.82, 2.24) is 0 Å². The fourth-order valence-electron chi connectivity index (χ4n) is 1.29. The zero-order valence-electron chi connectivity index (χ0n) is 9.12. The Labute approximate surface area is 89.6 Å². The van der Waals surface area contributed by atoms with Crippen molar-refractivity contribution in [1.29, 1.82) is 0 Å². The molecule has 0 aromatic rings. The van der Waals surface area contributed by atoms with Gasteiger partial charge in [0.15, 0.2) is 5.41 Å². The molecule has 0 heterocycles. The Hall–Kier alpha value is -1.58. The highest BCUT2D eigenvalue weighted by Gasteiger charge is 2.45. The van der Waals surface area contributed by atoms with Crippen LogP contribution in [0.3, 0.4) is 0 Å². The maximum atomic E-state index is 11.6. The standard InChI is InChI=1S/C11H16O4/c1-5-11(6-2,9(12)14-7-3)10(13)15-8-4/h7-8H,3-6H2,1-2H3. The van der Waals surface area contributed by atoms with E-state index < -0.39 is 17.4 Å². The van der Waals surface area contributed by atoms with E-state index in [1.807, 2.05) is 0 Å². The zero-order chi connectivity index (χ0) is 11.9. The number of hydrogen-bond acceptors (Lipinski definition) is 4. The molecule has 0 aromatic carbocycles. The van der Waals surface area contributed by atoms with Gasteiger partial charge in [-0.25, -0.2) is 0 Å². The summed E-state index contributed by atoms with van der Waals surface area (Å²) in [5, 5.41) is 0. The molecule has 0 saturated heterocycles. The third-order valence-electron chi connectivity index (χ3n) is 2.37. The molecule has 0 bridgehead atoms. The molecule has 0 N–H and O–H groups in total. The van der Waals surface area contributed by atoms with Crippen molar-refractivity contribution >= 4 is 11.9 Å². The molecule has 0 aromatic heterocycles. The monoisotopic (exact) mass is 212 g/mol. The fraction of sp³-hybridized carbons (Fsp3) is 0.455. The zero-order valence-corrected chi connectivity index (χ0v) is 9.12. The van der Waals surface area contributed by atoms with Gasteiger partial charge in [-0.15, -0.1) is 0 Å². The van der Waals surface area contributed by atoms with Crippen molar-refractivity contribution in [2.45, 2.75) is 26.7 Å². The third kappa shape index (κ3) is 2.68. The Balaban J connectivity index is 5.01. The van der Waals surface area contributed by atoms with Crippen molar-refractivity contribution < 1.29 is 19.1 Å². The molecule has 0 aliphatic carbocycles. The second kappa shape index (κ2) is 6.01. The van der Waals surface area contributed by atoms with Gasteiger partial charge in [-0.1, -0.05) is 27.0 Å². The molecule has 0 rings (SSSR count). The lowest BCUT2D eigenvalue weighted by Crippen LogP contribution is -2.39. The summed E-state index contributed by atoms with van der Waals surface area (Å²) in [7, 11) is 0. The van der Waals surface area contributed by atoms with E-state index in [9.17, 15) is 9.59 Å². The molecule has 4 heteroatoms. The average Bonchev–Trinajstić information content (AvgIpc) is 2.21. The molecule has 0 spiro atoms. The van der Waals surface area contributed by atoms with Crippen LogP contribution in [-0.4, -0.2) is 11.9 Å². The summed E-state index contributed by atoms with van der Waals surface area (Å²) in [6.07, 6.45) is 2.62. The molecule has 0 fully saturated rings. The normalized spacial score (nSPS) is 10.3. The predicted molar refractivity (Wildman–Crippen MR) is 55.6 cm³/mol. The Morgan fingerprint density at radius 1 is 1.07 bits per heavy atom. The van der Waals surface area contributed by atoms with Crippen LogP contribution in [0.2, 0.25) is 0 Å². The summed E-state index contributed by atoms with van der Waals surface area (Å²) < 4.78 is 9.29. The van der Waals surface area contributed by atoms with Gasteiger partial charge in [0.1, 0.15) is 0 Å². The van der Waals surface area contributed by atoms with E-state index in [1.165, 1.54) is 0 Å². The van der Waals surface area contributed by atoms with Crippen LogP contribution >= 0.6 is 0 Å². The summed E-state index contributed by atoms with van der Waals surface area (Å²) in [6, 6.07) is 0. The van der Waals surface area contributed by atoms with Crippen LogP contribution in [0.5, 0.6) is 0 Å². The number of hydrogen-bond donors (Lipinski definition) is 0. The molecule has 0 aliphatic heterocycles. The number of rotatable bonds is 6. The molecule has 0 amide bonds. The van der Waals surface area contributed by atoms with Gasteiger partial charge in [0.25, 0.3) is 0 Å². The van der Waals surface area contributed by atoms with Crippen molar-refractivity contribution in [2.24, 2.45) is 5.41 Å². The highest BCUT2D eigenvalue weighted by molar-refractivity contribution is 6.00. The summed E-state index contributed by atoms with van der Waals surface area (Å²) in [5.74, 6) is -1.29. The largest absolute Gasteiger partial charge is 0.434 e. The predicted octanol–water partition coefficient (Wildman–Crippen LogP) is 2.17. The molecular weight excluding hydrogens is 196 g/mol. The molecule has 0 saturated carbocycles. The Morgan fingerprint density at radius 3 is 1.60 bits per heavy atom. The molecule has 0 radical (unpaired) electrons. The number of esters is 2. The van der Waals surface area contributed by atoms with Gasteiger partial charge < -0.3 is 9.47 Å². The molecule has 84 valence electrons. The van der Waals surface area contributed by atoms with Gasteiger partial charge in [0.2, 0.25) is 0 Å². The SMILES string of the molecule is C=COC(=O)C(CC)(CC)C(=O)OC=C. The van der Waals surface area contributed by atoms with Crippen molar-refractivity contribution in [3.63, 3.8) is 0 Å². The lowest BCUT2D eigenvalue weighted by Gasteiger charge is -2.24. The van der Waals surface area contributed by atoms with Gasteiger partial charge in [-0.3, -0.25) is 9.59 Å². The highest BCUT2D eigenvalue weighted by Crippen LogP contribution is 2.30. The lowest BCUT2D eigenvalue weighted by molar-refractivity contribution is -0.166. The average molecular weight is 212 g/mol. The number of ether oxygens (including phenoxy) is 2. The van der Waals surface area contributed by atoms with Crippen molar-refractivity contribution in [3.8, 4) is 0 Å². The van der Waals surface area contributed by atoms with E-state index in [2.05, 4.69) is 22.6 Å². The minimum absolute atomic E-state index is 0.308. The fourth-order valence-corrected chi connectivity index (χ4v) is 1.29.